The van der Waals surface area contributed by atoms with Crippen LogP contribution in [0.4, 0.5) is 17.1 Å². The Kier molecular flexibility index (Phi) is 8.79. The van der Waals surface area contributed by atoms with Gasteiger partial charge in [0.25, 0.3) is 0 Å². The molecule has 3 nitrogen and oxygen atoms in total. The normalized spacial score (nSPS) is 10.7. The van der Waals surface area contributed by atoms with E-state index in [2.05, 4.69) is 146 Å². The molecular formula is C42H37NO2. The zero-order valence-corrected chi connectivity index (χ0v) is 26.2. The van der Waals surface area contributed by atoms with E-state index in [0.29, 0.717) is 0 Å². The van der Waals surface area contributed by atoms with Crippen molar-refractivity contribution in [2.24, 2.45) is 0 Å². The van der Waals surface area contributed by atoms with Gasteiger partial charge >= 0.3 is 0 Å². The highest BCUT2D eigenvalue weighted by molar-refractivity contribution is 5.92. The average Bonchev–Trinajstić information content (AvgIpc) is 3.10. The van der Waals surface area contributed by atoms with Gasteiger partial charge in [0.2, 0.25) is 0 Å². The molecule has 0 aromatic heterocycles. The Labute approximate surface area is 266 Å². The molecule has 0 aliphatic heterocycles. The Morgan fingerprint density at radius 1 is 0.444 bits per heavy atom. The first-order valence-electron chi connectivity index (χ1n) is 15.2. The van der Waals surface area contributed by atoms with Gasteiger partial charge in [0, 0.05) is 17.1 Å². The Morgan fingerprint density at radius 3 is 1.18 bits per heavy atom. The van der Waals surface area contributed by atoms with Gasteiger partial charge in [-0.1, -0.05) is 96.1 Å². The van der Waals surface area contributed by atoms with Crippen molar-refractivity contribution in [3.05, 3.63) is 173 Å². The van der Waals surface area contributed by atoms with E-state index in [1.54, 1.807) is 14.2 Å². The summed E-state index contributed by atoms with van der Waals surface area (Å²) in [6.07, 6.45) is 2.23. The summed E-state index contributed by atoms with van der Waals surface area (Å²) in [5.41, 5.74) is 12.7. The number of aryl methyl sites for hydroxylation is 2. The van der Waals surface area contributed by atoms with Crippen LogP contribution < -0.4 is 14.4 Å². The van der Waals surface area contributed by atoms with E-state index in [0.717, 1.165) is 50.8 Å². The van der Waals surface area contributed by atoms with Crippen molar-refractivity contribution in [2.45, 2.75) is 13.8 Å². The van der Waals surface area contributed by atoms with Gasteiger partial charge in [-0.3, -0.25) is 0 Å². The fourth-order valence-corrected chi connectivity index (χ4v) is 5.45. The Hall–Kier alpha value is -5.54. The molecule has 0 heterocycles. The second-order valence-corrected chi connectivity index (χ2v) is 11.2. The quantitative estimate of drug-likeness (QED) is 0.157. The third-order valence-electron chi connectivity index (χ3n) is 8.07. The maximum Gasteiger partial charge on any atom is 0.118 e. The van der Waals surface area contributed by atoms with Crippen molar-refractivity contribution in [1.82, 2.24) is 0 Å². The van der Waals surface area contributed by atoms with Crippen molar-refractivity contribution in [3.8, 4) is 22.6 Å². The largest absolute Gasteiger partial charge is 0.497 e. The molecule has 6 rings (SSSR count). The van der Waals surface area contributed by atoms with E-state index in [9.17, 15) is 0 Å². The molecule has 0 bridgehead atoms. The highest BCUT2D eigenvalue weighted by atomic mass is 16.5. The highest BCUT2D eigenvalue weighted by Crippen LogP contribution is 2.36. The van der Waals surface area contributed by atoms with E-state index in [4.69, 9.17) is 9.47 Å². The number of hydrogen-bond donors (Lipinski definition) is 0. The van der Waals surface area contributed by atoms with Crippen LogP contribution in [0.5, 0.6) is 11.5 Å². The summed E-state index contributed by atoms with van der Waals surface area (Å²) in [4.78, 5) is 2.30. The molecule has 0 amide bonds. The molecule has 45 heavy (non-hydrogen) atoms. The number of nitrogens with zero attached hydrogens (tertiary/aromatic N) is 1. The van der Waals surface area contributed by atoms with E-state index < -0.39 is 0 Å². The summed E-state index contributed by atoms with van der Waals surface area (Å²) in [5.74, 6) is 1.67. The van der Waals surface area contributed by atoms with Gasteiger partial charge < -0.3 is 14.4 Å². The average molecular weight is 588 g/mol. The molecule has 6 aromatic rings. The van der Waals surface area contributed by atoms with Crippen LogP contribution in [0.25, 0.3) is 22.8 Å². The van der Waals surface area contributed by atoms with Crippen LogP contribution >= 0.6 is 0 Å². The summed E-state index contributed by atoms with van der Waals surface area (Å²) < 4.78 is 10.8. The zero-order chi connectivity index (χ0) is 31.2. The van der Waals surface area contributed by atoms with Gasteiger partial charge in [0.1, 0.15) is 11.5 Å². The minimum absolute atomic E-state index is 0.837. The van der Waals surface area contributed by atoms with Crippen LogP contribution in [-0.2, 0) is 0 Å². The lowest BCUT2D eigenvalue weighted by Crippen LogP contribution is -2.09. The van der Waals surface area contributed by atoms with Crippen molar-refractivity contribution >= 4 is 28.7 Å². The molecule has 0 radical (unpaired) electrons. The predicted molar refractivity (Wildman–Crippen MR) is 189 cm³/mol. The summed E-state index contributed by atoms with van der Waals surface area (Å²) >= 11 is 0. The molecule has 3 heteroatoms. The van der Waals surface area contributed by atoms with E-state index in [1.165, 1.54) is 22.3 Å². The van der Waals surface area contributed by atoms with Crippen LogP contribution in [0.2, 0.25) is 0 Å². The van der Waals surface area contributed by atoms with Gasteiger partial charge in [-0.2, -0.15) is 0 Å². The monoisotopic (exact) mass is 587 g/mol. The lowest BCUT2D eigenvalue weighted by atomic mass is 9.95. The van der Waals surface area contributed by atoms with E-state index in [1.807, 2.05) is 24.3 Å². The van der Waals surface area contributed by atoms with Crippen LogP contribution in [0, 0.1) is 13.8 Å². The topological polar surface area (TPSA) is 21.7 Å². The van der Waals surface area contributed by atoms with Crippen molar-refractivity contribution in [2.75, 3.05) is 19.1 Å². The van der Waals surface area contributed by atoms with Gasteiger partial charge in [-0.25, -0.2) is 0 Å². The zero-order valence-electron chi connectivity index (χ0n) is 26.2. The summed E-state index contributed by atoms with van der Waals surface area (Å²) in [6, 6.07) is 51.3. The van der Waals surface area contributed by atoms with Crippen LogP contribution in [-0.4, -0.2) is 14.2 Å². The van der Waals surface area contributed by atoms with Crippen LogP contribution in [0.3, 0.4) is 0 Å². The van der Waals surface area contributed by atoms with Gasteiger partial charge in [-0.15, -0.1) is 0 Å². The van der Waals surface area contributed by atoms with Crippen LogP contribution in [0.1, 0.15) is 27.8 Å². The Balaban J connectivity index is 1.30. The van der Waals surface area contributed by atoms with E-state index in [-0.39, 0.29) is 0 Å². The number of benzene rings is 6. The first kappa shape index (κ1) is 29.5. The van der Waals surface area contributed by atoms with Crippen molar-refractivity contribution in [1.29, 1.82) is 0 Å². The lowest BCUT2D eigenvalue weighted by Gasteiger charge is -2.26. The minimum Gasteiger partial charge on any atom is -0.497 e. The summed E-state index contributed by atoms with van der Waals surface area (Å²) in [7, 11) is 3.38. The molecule has 0 N–H and O–H groups in total. The molecule has 0 atom stereocenters. The molecular weight excluding hydrogens is 550 g/mol. The molecule has 222 valence electrons. The molecule has 0 saturated carbocycles. The second-order valence-electron chi connectivity index (χ2n) is 11.2. The molecule has 0 aliphatic carbocycles. The first-order chi connectivity index (χ1) is 22.0. The third kappa shape index (κ3) is 6.84. The standard InChI is InChI=1S/C42H37NO2/c1-30-5-19-37(20-6-30)43(38-21-7-31(2)8-22-38)39-23-13-34(14-24-39)33-11-9-32(10-12-33)29-42(35-15-25-40(44-3)26-16-35)36-17-27-41(45-4)28-18-36/h5-29H,1-4H3. The molecule has 6 aromatic carbocycles. The number of hydrogen-bond acceptors (Lipinski definition) is 3. The van der Waals surface area contributed by atoms with Gasteiger partial charge in [-0.05, 0) is 114 Å². The number of ether oxygens (including phenoxy) is 2. The van der Waals surface area contributed by atoms with Gasteiger partial charge in [0.15, 0.2) is 0 Å². The Morgan fingerprint density at radius 2 is 0.800 bits per heavy atom. The molecule has 0 fully saturated rings. The lowest BCUT2D eigenvalue weighted by molar-refractivity contribution is 0.414. The van der Waals surface area contributed by atoms with Crippen molar-refractivity contribution < 1.29 is 9.47 Å². The van der Waals surface area contributed by atoms with E-state index >= 15 is 0 Å². The number of rotatable bonds is 9. The highest BCUT2D eigenvalue weighted by Gasteiger charge is 2.13. The SMILES string of the molecule is COc1ccc(C(=Cc2ccc(-c3ccc(N(c4ccc(C)cc4)c4ccc(C)cc4)cc3)cc2)c2ccc(OC)cc2)cc1. The smallest absolute Gasteiger partial charge is 0.118 e. The maximum atomic E-state index is 5.39. The van der Waals surface area contributed by atoms with Gasteiger partial charge in [0.05, 0.1) is 14.2 Å². The fraction of sp³-hybridized carbons (Fsp3) is 0.0952. The molecule has 0 unspecified atom stereocenters. The summed E-state index contributed by atoms with van der Waals surface area (Å²) in [5, 5.41) is 0. The maximum absolute atomic E-state index is 5.39. The second kappa shape index (κ2) is 13.4. The number of anilines is 3. The minimum atomic E-state index is 0.837. The molecule has 0 saturated heterocycles. The van der Waals surface area contributed by atoms with Crippen LogP contribution in [0.15, 0.2) is 146 Å². The fourth-order valence-electron chi connectivity index (χ4n) is 5.45. The Bertz CT molecular complexity index is 1770. The number of methoxy groups -OCH3 is 2. The third-order valence-corrected chi connectivity index (χ3v) is 8.07. The van der Waals surface area contributed by atoms with Crippen molar-refractivity contribution in [3.63, 3.8) is 0 Å². The predicted octanol–water partition coefficient (Wildman–Crippen LogP) is 11.0. The first-order valence-corrected chi connectivity index (χ1v) is 15.2. The molecule has 0 spiro atoms. The summed E-state index contributed by atoms with van der Waals surface area (Å²) in [6.45, 7) is 4.24. The molecule has 0 aliphatic rings.